The Morgan fingerprint density at radius 1 is 1.29 bits per heavy atom. The van der Waals surface area contributed by atoms with Crippen LogP contribution < -0.4 is 14.8 Å². The van der Waals surface area contributed by atoms with Gasteiger partial charge in [0.25, 0.3) is 5.91 Å². The van der Waals surface area contributed by atoms with Gasteiger partial charge in [-0.1, -0.05) is 12.5 Å². The average molecular weight is 289 g/mol. The fraction of sp³-hybridized carbons (Fsp3) is 0.588. The zero-order valence-corrected chi connectivity index (χ0v) is 12.7. The van der Waals surface area contributed by atoms with Crippen LogP contribution in [0.3, 0.4) is 0 Å². The van der Waals surface area contributed by atoms with Crippen LogP contribution in [0.2, 0.25) is 0 Å². The molecule has 4 atom stereocenters. The van der Waals surface area contributed by atoms with Gasteiger partial charge in [0, 0.05) is 12.1 Å². The van der Waals surface area contributed by atoms with Crippen molar-refractivity contribution in [3.63, 3.8) is 0 Å². The molecule has 4 nitrogen and oxygen atoms in total. The van der Waals surface area contributed by atoms with Gasteiger partial charge in [0.1, 0.15) is 11.5 Å². The summed E-state index contributed by atoms with van der Waals surface area (Å²) >= 11 is 0. The first kappa shape index (κ1) is 14.2. The van der Waals surface area contributed by atoms with Gasteiger partial charge in [-0.3, -0.25) is 4.79 Å². The summed E-state index contributed by atoms with van der Waals surface area (Å²) in [5, 5.41) is 3.16. The summed E-state index contributed by atoms with van der Waals surface area (Å²) in [6, 6.07) is 7.69. The van der Waals surface area contributed by atoms with Gasteiger partial charge >= 0.3 is 0 Å². The molecule has 4 heteroatoms. The lowest BCUT2D eigenvalue weighted by molar-refractivity contribution is -0.128. The van der Waals surface area contributed by atoms with E-state index in [2.05, 4.69) is 5.32 Å². The molecule has 0 heterocycles. The molecule has 2 saturated carbocycles. The maximum atomic E-state index is 12.3. The minimum Gasteiger partial charge on any atom is -0.497 e. The van der Waals surface area contributed by atoms with Crippen LogP contribution in [-0.4, -0.2) is 25.2 Å². The monoisotopic (exact) mass is 289 g/mol. The van der Waals surface area contributed by atoms with E-state index >= 15 is 0 Å². The normalized spacial score (nSPS) is 28.2. The van der Waals surface area contributed by atoms with Crippen molar-refractivity contribution >= 4 is 5.91 Å². The van der Waals surface area contributed by atoms with Gasteiger partial charge in [-0.15, -0.1) is 0 Å². The van der Waals surface area contributed by atoms with Crippen LogP contribution in [0.5, 0.6) is 11.5 Å². The first-order valence-electron chi connectivity index (χ1n) is 7.77. The highest BCUT2D eigenvalue weighted by Crippen LogP contribution is 2.44. The summed E-state index contributed by atoms with van der Waals surface area (Å²) in [7, 11) is 1.62. The van der Waals surface area contributed by atoms with Gasteiger partial charge in [-0.2, -0.15) is 0 Å². The molecule has 2 bridgehead atoms. The van der Waals surface area contributed by atoms with Crippen LogP contribution in [-0.2, 0) is 4.79 Å². The van der Waals surface area contributed by atoms with Crippen LogP contribution in [0.25, 0.3) is 0 Å². The number of carbonyl (C=O) groups excluding carboxylic acids is 1. The molecule has 0 aromatic heterocycles. The highest BCUT2D eigenvalue weighted by Gasteiger charge is 2.40. The Morgan fingerprint density at radius 3 is 2.76 bits per heavy atom. The second-order valence-electron chi connectivity index (χ2n) is 6.23. The van der Waals surface area contributed by atoms with Gasteiger partial charge in [0.05, 0.1) is 7.11 Å². The molecule has 3 rings (SSSR count). The number of benzene rings is 1. The topological polar surface area (TPSA) is 47.6 Å². The first-order chi connectivity index (χ1) is 10.2. The predicted molar refractivity (Wildman–Crippen MR) is 80.5 cm³/mol. The number of ether oxygens (including phenoxy) is 2. The molecule has 1 amide bonds. The summed E-state index contributed by atoms with van der Waals surface area (Å²) in [6.45, 7) is 1.79. The highest BCUT2D eigenvalue weighted by atomic mass is 16.5. The second-order valence-corrected chi connectivity index (χ2v) is 6.23. The number of amides is 1. The lowest BCUT2D eigenvalue weighted by atomic mass is 9.95. The minimum absolute atomic E-state index is 0.0182. The molecule has 2 aliphatic rings. The van der Waals surface area contributed by atoms with E-state index in [1.165, 1.54) is 19.3 Å². The minimum atomic E-state index is -0.490. The summed E-state index contributed by atoms with van der Waals surface area (Å²) in [5.41, 5.74) is 0. The number of rotatable bonds is 5. The van der Waals surface area contributed by atoms with Gasteiger partial charge in [0.15, 0.2) is 6.10 Å². The maximum absolute atomic E-state index is 12.3. The Hall–Kier alpha value is -1.71. The van der Waals surface area contributed by atoms with Crippen molar-refractivity contribution < 1.29 is 14.3 Å². The van der Waals surface area contributed by atoms with Crippen molar-refractivity contribution in [2.24, 2.45) is 11.8 Å². The van der Waals surface area contributed by atoms with Crippen LogP contribution in [0.15, 0.2) is 24.3 Å². The fourth-order valence-corrected chi connectivity index (χ4v) is 3.65. The molecule has 2 fully saturated rings. The number of fused-ring (bicyclic) bond motifs is 2. The SMILES string of the molecule is COc1cccc(O[C@H](C)C(=O)N[C@@H]2C[C@@H]3CC[C@@H]2C3)c1. The molecule has 0 spiro atoms. The summed E-state index contributed by atoms with van der Waals surface area (Å²) in [5.74, 6) is 2.88. The van der Waals surface area contributed by atoms with E-state index in [0.29, 0.717) is 17.7 Å². The molecule has 0 radical (unpaired) electrons. The molecule has 0 aliphatic heterocycles. The van der Waals surface area contributed by atoms with Crippen molar-refractivity contribution in [1.82, 2.24) is 5.32 Å². The van der Waals surface area contributed by atoms with Crippen LogP contribution >= 0.6 is 0 Å². The summed E-state index contributed by atoms with van der Waals surface area (Å²) in [6.07, 6.45) is 4.54. The number of nitrogens with one attached hydrogen (secondary N) is 1. The molecule has 1 aromatic carbocycles. The van der Waals surface area contributed by atoms with Crippen LogP contribution in [0.4, 0.5) is 0 Å². The average Bonchev–Trinajstić information content (AvgIpc) is 3.10. The largest absolute Gasteiger partial charge is 0.497 e. The zero-order chi connectivity index (χ0) is 14.8. The van der Waals surface area contributed by atoms with Crippen LogP contribution in [0, 0.1) is 11.8 Å². The lowest BCUT2D eigenvalue weighted by Gasteiger charge is -2.24. The van der Waals surface area contributed by atoms with Crippen molar-refractivity contribution in [1.29, 1.82) is 0 Å². The van der Waals surface area contributed by atoms with E-state index in [1.807, 2.05) is 18.2 Å². The Kier molecular flexibility index (Phi) is 4.04. The van der Waals surface area contributed by atoms with Crippen LogP contribution in [0.1, 0.15) is 32.6 Å². The quantitative estimate of drug-likeness (QED) is 0.906. The Balaban J connectivity index is 1.54. The lowest BCUT2D eigenvalue weighted by Crippen LogP contribution is -2.44. The molecular formula is C17H23NO3. The molecule has 1 aromatic rings. The van der Waals surface area contributed by atoms with Gasteiger partial charge in [0.2, 0.25) is 0 Å². The van der Waals surface area contributed by atoms with Crippen molar-refractivity contribution in [2.45, 2.75) is 44.8 Å². The molecule has 21 heavy (non-hydrogen) atoms. The third kappa shape index (κ3) is 3.14. The highest BCUT2D eigenvalue weighted by molar-refractivity contribution is 5.81. The first-order valence-corrected chi connectivity index (χ1v) is 7.77. The molecule has 1 N–H and O–H groups in total. The van der Waals surface area contributed by atoms with E-state index in [1.54, 1.807) is 20.1 Å². The Bertz CT molecular complexity index is 517. The van der Waals surface area contributed by atoms with Gasteiger partial charge in [-0.25, -0.2) is 0 Å². The number of hydrogen-bond donors (Lipinski definition) is 1. The number of methoxy groups -OCH3 is 1. The van der Waals surface area contributed by atoms with E-state index in [-0.39, 0.29) is 5.91 Å². The van der Waals surface area contributed by atoms with Gasteiger partial charge in [-0.05, 0) is 50.2 Å². The third-order valence-electron chi connectivity index (χ3n) is 4.79. The molecule has 0 unspecified atom stereocenters. The zero-order valence-electron chi connectivity index (χ0n) is 12.7. The maximum Gasteiger partial charge on any atom is 0.261 e. The fourth-order valence-electron chi connectivity index (χ4n) is 3.65. The van der Waals surface area contributed by atoms with E-state index in [4.69, 9.17) is 9.47 Å². The van der Waals surface area contributed by atoms with Crippen molar-refractivity contribution in [2.75, 3.05) is 7.11 Å². The van der Waals surface area contributed by atoms with Crippen molar-refractivity contribution in [3.05, 3.63) is 24.3 Å². The summed E-state index contributed by atoms with van der Waals surface area (Å²) in [4.78, 5) is 12.3. The Labute approximate surface area is 125 Å². The second kappa shape index (κ2) is 5.96. The molecular weight excluding hydrogens is 266 g/mol. The van der Waals surface area contributed by atoms with E-state index < -0.39 is 6.10 Å². The summed E-state index contributed by atoms with van der Waals surface area (Å²) < 4.78 is 10.9. The van der Waals surface area contributed by atoms with E-state index in [0.717, 1.165) is 18.1 Å². The van der Waals surface area contributed by atoms with Crippen molar-refractivity contribution in [3.8, 4) is 11.5 Å². The third-order valence-corrected chi connectivity index (χ3v) is 4.79. The smallest absolute Gasteiger partial charge is 0.261 e. The molecule has 2 aliphatic carbocycles. The molecule has 0 saturated heterocycles. The number of carbonyl (C=O) groups is 1. The molecule has 114 valence electrons. The van der Waals surface area contributed by atoms with E-state index in [9.17, 15) is 4.79 Å². The number of hydrogen-bond acceptors (Lipinski definition) is 3. The standard InChI is InChI=1S/C17H23NO3/c1-11(21-15-5-3-4-14(10-15)20-2)17(19)18-16-9-12-6-7-13(16)8-12/h3-5,10-13,16H,6-9H2,1-2H3,(H,18,19)/t11-,12-,13-,16-/m1/s1. The van der Waals surface area contributed by atoms with Gasteiger partial charge < -0.3 is 14.8 Å². The predicted octanol–water partition coefficient (Wildman–Crippen LogP) is 2.77. The Morgan fingerprint density at radius 2 is 2.10 bits per heavy atom.